The lowest BCUT2D eigenvalue weighted by molar-refractivity contribution is -0.123. The molecule has 1 aromatic carbocycles. The SMILES string of the molecule is Cn1cc(-c2cc(N)cc3c2NC(=O)C32CCC2)cn1.SN1CCCCC1. The smallest absolute Gasteiger partial charge is 0.235 e. The first-order chi connectivity index (χ1) is 13.0. The minimum atomic E-state index is -0.332. The molecule has 5 rings (SSSR count). The lowest BCUT2D eigenvalue weighted by Crippen LogP contribution is -2.40. The van der Waals surface area contributed by atoms with Gasteiger partial charge < -0.3 is 11.1 Å². The van der Waals surface area contributed by atoms with E-state index in [-0.39, 0.29) is 11.3 Å². The van der Waals surface area contributed by atoms with E-state index in [1.54, 1.807) is 10.9 Å². The van der Waals surface area contributed by atoms with Crippen LogP contribution in [0.15, 0.2) is 24.5 Å². The lowest BCUT2D eigenvalue weighted by Gasteiger charge is -2.36. The Kier molecular flexibility index (Phi) is 4.90. The summed E-state index contributed by atoms with van der Waals surface area (Å²) in [7, 11) is 1.88. The zero-order chi connectivity index (χ0) is 19.0. The van der Waals surface area contributed by atoms with E-state index in [0.29, 0.717) is 5.69 Å². The Morgan fingerprint density at radius 3 is 2.44 bits per heavy atom. The molecule has 3 aliphatic rings. The number of rotatable bonds is 1. The van der Waals surface area contributed by atoms with Crippen LogP contribution < -0.4 is 11.1 Å². The summed E-state index contributed by atoms with van der Waals surface area (Å²) in [5, 5.41) is 7.26. The summed E-state index contributed by atoms with van der Waals surface area (Å²) < 4.78 is 3.84. The van der Waals surface area contributed by atoms with E-state index in [1.165, 1.54) is 32.4 Å². The van der Waals surface area contributed by atoms with Crippen LogP contribution in [0.5, 0.6) is 0 Å². The fourth-order valence-corrected chi connectivity index (χ4v) is 4.51. The molecule has 0 bridgehead atoms. The third-order valence-electron chi connectivity index (χ3n) is 5.90. The highest BCUT2D eigenvalue weighted by molar-refractivity contribution is 7.77. The van der Waals surface area contributed by atoms with Crippen LogP contribution in [0.2, 0.25) is 0 Å². The maximum Gasteiger partial charge on any atom is 0.235 e. The second kappa shape index (κ2) is 7.20. The molecule has 1 aliphatic carbocycles. The maximum atomic E-state index is 12.4. The number of hydrogen-bond acceptors (Lipinski definition) is 5. The molecule has 2 aliphatic heterocycles. The summed E-state index contributed by atoms with van der Waals surface area (Å²) in [5.41, 5.74) is 10.3. The quantitative estimate of drug-likeness (QED) is 0.520. The average molecular weight is 386 g/mol. The van der Waals surface area contributed by atoms with Crippen LogP contribution in [-0.4, -0.2) is 33.1 Å². The van der Waals surface area contributed by atoms with Gasteiger partial charge in [0.2, 0.25) is 5.91 Å². The number of piperidine rings is 1. The Morgan fingerprint density at radius 2 is 1.93 bits per heavy atom. The fourth-order valence-electron chi connectivity index (χ4n) is 4.22. The van der Waals surface area contributed by atoms with Crippen molar-refractivity contribution in [3.63, 3.8) is 0 Å². The van der Waals surface area contributed by atoms with Gasteiger partial charge in [0.05, 0.1) is 17.3 Å². The molecule has 2 aromatic rings. The van der Waals surface area contributed by atoms with Gasteiger partial charge in [-0.3, -0.25) is 13.8 Å². The van der Waals surface area contributed by atoms with Crippen molar-refractivity contribution in [2.45, 2.75) is 43.9 Å². The average Bonchev–Trinajstić information content (AvgIpc) is 3.15. The van der Waals surface area contributed by atoms with Crippen molar-refractivity contribution in [3.05, 3.63) is 30.1 Å². The Balaban J connectivity index is 0.000000218. The first kappa shape index (κ1) is 18.4. The van der Waals surface area contributed by atoms with Crippen LogP contribution in [0, 0.1) is 0 Å². The molecule has 2 fully saturated rings. The van der Waals surface area contributed by atoms with Crippen molar-refractivity contribution in [2.24, 2.45) is 7.05 Å². The van der Waals surface area contributed by atoms with Gasteiger partial charge in [0.1, 0.15) is 0 Å². The highest BCUT2D eigenvalue weighted by Gasteiger charge is 2.51. The highest BCUT2D eigenvalue weighted by atomic mass is 32.1. The monoisotopic (exact) mass is 385 g/mol. The largest absolute Gasteiger partial charge is 0.399 e. The van der Waals surface area contributed by atoms with Crippen molar-refractivity contribution in [2.75, 3.05) is 24.1 Å². The maximum absolute atomic E-state index is 12.4. The molecule has 27 heavy (non-hydrogen) atoms. The first-order valence-corrected chi connectivity index (χ1v) is 10.1. The minimum absolute atomic E-state index is 0.120. The molecule has 1 saturated heterocycles. The van der Waals surface area contributed by atoms with E-state index < -0.39 is 0 Å². The second-order valence-corrected chi connectivity index (χ2v) is 8.36. The van der Waals surface area contributed by atoms with E-state index in [9.17, 15) is 4.79 Å². The van der Waals surface area contributed by atoms with Crippen LogP contribution >= 0.6 is 12.8 Å². The lowest BCUT2D eigenvalue weighted by atomic mass is 9.65. The number of nitrogens with zero attached hydrogens (tertiary/aromatic N) is 3. The summed E-state index contributed by atoms with van der Waals surface area (Å²) in [6, 6.07) is 3.86. The van der Waals surface area contributed by atoms with Gasteiger partial charge in [0.25, 0.3) is 0 Å². The third kappa shape index (κ3) is 3.34. The summed E-state index contributed by atoms with van der Waals surface area (Å²) in [5.74, 6) is 0.120. The zero-order valence-electron chi connectivity index (χ0n) is 15.7. The number of aryl methyl sites for hydroxylation is 1. The highest BCUT2D eigenvalue weighted by Crippen LogP contribution is 2.53. The molecular formula is C20H27N5OS. The molecule has 7 heteroatoms. The number of thiol groups is 1. The number of anilines is 2. The van der Waals surface area contributed by atoms with Crippen molar-refractivity contribution < 1.29 is 4.79 Å². The Labute approximate surface area is 165 Å². The van der Waals surface area contributed by atoms with Crippen molar-refractivity contribution in [1.82, 2.24) is 14.1 Å². The Hall–Kier alpha value is -1.99. The van der Waals surface area contributed by atoms with Gasteiger partial charge in [-0.15, -0.1) is 0 Å². The number of fused-ring (bicyclic) bond motifs is 2. The van der Waals surface area contributed by atoms with Crippen molar-refractivity contribution in [3.8, 4) is 11.1 Å². The third-order valence-corrected chi connectivity index (χ3v) is 6.30. The van der Waals surface area contributed by atoms with Gasteiger partial charge in [-0.1, -0.05) is 25.7 Å². The molecule has 1 spiro atoms. The van der Waals surface area contributed by atoms with Crippen LogP contribution in [0.4, 0.5) is 11.4 Å². The molecule has 6 nitrogen and oxygen atoms in total. The number of nitrogens with one attached hydrogen (secondary N) is 1. The standard InChI is InChI=1S/C15H16N4O.C5H11NS/c1-19-8-9(7-17-19)11-5-10(16)6-12-13(11)18-14(20)15(12)3-2-4-15;7-6-4-2-1-3-5-6/h5-8H,2-4,16H2,1H3,(H,18,20);7H,1-5H2. The van der Waals surface area contributed by atoms with Crippen LogP contribution in [0.1, 0.15) is 44.1 Å². The fraction of sp³-hybridized carbons (Fsp3) is 0.500. The van der Waals surface area contributed by atoms with Gasteiger partial charge >= 0.3 is 0 Å². The summed E-state index contributed by atoms with van der Waals surface area (Å²) in [6.07, 6.45) is 10.7. The molecule has 0 atom stereocenters. The van der Waals surface area contributed by atoms with E-state index >= 15 is 0 Å². The Bertz CT molecular complexity index is 852. The molecule has 1 saturated carbocycles. The van der Waals surface area contributed by atoms with Crippen LogP contribution in [-0.2, 0) is 17.3 Å². The molecule has 0 unspecified atom stereocenters. The summed E-state index contributed by atoms with van der Waals surface area (Å²) in [4.78, 5) is 12.4. The number of nitrogen functional groups attached to an aromatic ring is 1. The molecule has 3 N–H and O–H groups in total. The number of hydrogen-bond donors (Lipinski definition) is 3. The topological polar surface area (TPSA) is 76.2 Å². The van der Waals surface area contributed by atoms with E-state index in [4.69, 9.17) is 5.73 Å². The zero-order valence-corrected chi connectivity index (χ0v) is 16.6. The Morgan fingerprint density at radius 1 is 1.19 bits per heavy atom. The minimum Gasteiger partial charge on any atom is -0.399 e. The van der Waals surface area contributed by atoms with E-state index in [2.05, 4.69) is 27.5 Å². The van der Waals surface area contributed by atoms with E-state index in [0.717, 1.165) is 41.6 Å². The number of amides is 1. The summed E-state index contributed by atoms with van der Waals surface area (Å²) >= 11 is 4.19. The molecule has 1 aromatic heterocycles. The van der Waals surface area contributed by atoms with Crippen LogP contribution in [0.3, 0.4) is 0 Å². The van der Waals surface area contributed by atoms with Gasteiger partial charge in [-0.2, -0.15) is 5.10 Å². The van der Waals surface area contributed by atoms with Crippen molar-refractivity contribution >= 4 is 30.1 Å². The number of aromatic nitrogens is 2. The molecule has 1 amide bonds. The second-order valence-electron chi connectivity index (χ2n) is 7.80. The summed E-state index contributed by atoms with van der Waals surface area (Å²) in [6.45, 7) is 2.37. The number of carbonyl (C=O) groups excluding carboxylic acids is 1. The van der Waals surface area contributed by atoms with Crippen molar-refractivity contribution in [1.29, 1.82) is 0 Å². The predicted octanol–water partition coefficient (Wildman–Crippen LogP) is 3.36. The van der Waals surface area contributed by atoms with Gasteiger partial charge in [0, 0.05) is 43.1 Å². The van der Waals surface area contributed by atoms with E-state index in [1.807, 2.05) is 25.4 Å². The normalized spacial score (nSPS) is 20.4. The predicted molar refractivity (Wildman–Crippen MR) is 112 cm³/mol. The number of nitrogens with two attached hydrogens (primary N) is 1. The number of benzene rings is 1. The molecule has 144 valence electrons. The first-order valence-electron chi connectivity index (χ1n) is 9.68. The molecule has 0 radical (unpaired) electrons. The van der Waals surface area contributed by atoms with Gasteiger partial charge in [-0.25, -0.2) is 0 Å². The molecule has 3 heterocycles. The molecular weight excluding hydrogens is 358 g/mol. The van der Waals surface area contributed by atoms with Gasteiger partial charge in [0.15, 0.2) is 0 Å². The van der Waals surface area contributed by atoms with Crippen LogP contribution in [0.25, 0.3) is 11.1 Å². The van der Waals surface area contributed by atoms with Gasteiger partial charge in [-0.05, 0) is 43.4 Å². The number of carbonyl (C=O) groups is 1.